The molecule has 4 rings (SSSR count). The molecule has 0 saturated heterocycles. The van der Waals surface area contributed by atoms with Gasteiger partial charge in [0.15, 0.2) is 17.0 Å². The van der Waals surface area contributed by atoms with Gasteiger partial charge < -0.3 is 15.6 Å². The Hall–Kier alpha value is -1.81. The standard InChI is InChI=1S/C22H28FIN6/c1-22(2,3)12-26-7-8-30-17(27-18-19(25)28-21(23)29-20(18)30)11-15-9-13-5-4-6-14(13)10-16(15)24/h9-10,26H,4-8,11-12H2,1-3H3,(H2,25,28,29). The summed E-state index contributed by atoms with van der Waals surface area (Å²) in [7, 11) is 0. The number of fused-ring (bicyclic) bond motifs is 2. The SMILES string of the molecule is CC(C)(C)CNCCn1c(Cc2cc3c(cc2I)CCC3)nc2c(N)nc(F)nc21. The number of imidazole rings is 1. The zero-order valence-electron chi connectivity index (χ0n) is 17.7. The Labute approximate surface area is 190 Å². The average Bonchev–Trinajstić information content (AvgIpc) is 3.23. The van der Waals surface area contributed by atoms with Gasteiger partial charge in [-0.1, -0.05) is 26.8 Å². The molecule has 0 saturated carbocycles. The number of hydrogen-bond donors (Lipinski definition) is 2. The predicted molar refractivity (Wildman–Crippen MR) is 126 cm³/mol. The Balaban J connectivity index is 1.67. The van der Waals surface area contributed by atoms with Crippen LogP contribution in [0, 0.1) is 15.1 Å². The van der Waals surface area contributed by atoms with E-state index in [0.717, 1.165) is 31.8 Å². The van der Waals surface area contributed by atoms with Crippen LogP contribution in [-0.2, 0) is 25.8 Å². The molecule has 6 nitrogen and oxygen atoms in total. The van der Waals surface area contributed by atoms with Gasteiger partial charge in [0.25, 0.3) is 0 Å². The number of halogens is 2. The van der Waals surface area contributed by atoms with E-state index in [4.69, 9.17) is 10.7 Å². The Bertz CT molecular complexity index is 1090. The molecule has 0 spiro atoms. The minimum atomic E-state index is -0.817. The molecule has 2 heterocycles. The normalized spacial score (nSPS) is 13.9. The quantitative estimate of drug-likeness (QED) is 0.292. The Morgan fingerprint density at radius 1 is 1.17 bits per heavy atom. The van der Waals surface area contributed by atoms with E-state index in [0.29, 0.717) is 24.1 Å². The van der Waals surface area contributed by atoms with Crippen molar-refractivity contribution in [2.24, 2.45) is 5.41 Å². The third-order valence-corrected chi connectivity index (χ3v) is 6.45. The first-order valence-electron chi connectivity index (χ1n) is 10.4. The third kappa shape index (κ3) is 4.59. The van der Waals surface area contributed by atoms with Crippen LogP contribution in [0.1, 0.15) is 49.7 Å². The molecule has 2 aromatic heterocycles. The maximum Gasteiger partial charge on any atom is 0.312 e. The van der Waals surface area contributed by atoms with Crippen molar-refractivity contribution in [3.63, 3.8) is 0 Å². The van der Waals surface area contributed by atoms with E-state index in [2.05, 4.69) is 70.8 Å². The maximum atomic E-state index is 13.9. The molecule has 1 aromatic carbocycles. The lowest BCUT2D eigenvalue weighted by Gasteiger charge is -2.19. The third-order valence-electron chi connectivity index (χ3n) is 5.45. The van der Waals surface area contributed by atoms with Gasteiger partial charge in [0.05, 0.1) is 0 Å². The summed E-state index contributed by atoms with van der Waals surface area (Å²) in [6, 6.07) is 4.60. The number of nitrogens with two attached hydrogens (primary N) is 1. The average molecular weight is 522 g/mol. The largest absolute Gasteiger partial charge is 0.382 e. The second-order valence-electron chi connectivity index (χ2n) is 9.21. The van der Waals surface area contributed by atoms with E-state index in [9.17, 15) is 4.39 Å². The fourth-order valence-corrected chi connectivity index (χ4v) is 4.74. The van der Waals surface area contributed by atoms with Crippen LogP contribution < -0.4 is 11.1 Å². The predicted octanol–water partition coefficient (Wildman–Crippen LogP) is 3.87. The molecule has 0 aliphatic heterocycles. The van der Waals surface area contributed by atoms with E-state index < -0.39 is 6.08 Å². The number of nitrogens with one attached hydrogen (secondary N) is 1. The van der Waals surface area contributed by atoms with Crippen LogP contribution in [0.5, 0.6) is 0 Å². The molecular weight excluding hydrogens is 494 g/mol. The number of benzene rings is 1. The van der Waals surface area contributed by atoms with Crippen molar-refractivity contribution in [1.29, 1.82) is 0 Å². The minimum absolute atomic E-state index is 0.0869. The Morgan fingerprint density at radius 3 is 2.63 bits per heavy atom. The van der Waals surface area contributed by atoms with Crippen LogP contribution in [0.25, 0.3) is 11.2 Å². The topological polar surface area (TPSA) is 81.7 Å². The highest BCUT2D eigenvalue weighted by molar-refractivity contribution is 14.1. The molecule has 30 heavy (non-hydrogen) atoms. The molecule has 0 bridgehead atoms. The molecule has 0 unspecified atom stereocenters. The molecule has 3 N–H and O–H groups in total. The van der Waals surface area contributed by atoms with Crippen molar-refractivity contribution >= 4 is 39.6 Å². The lowest BCUT2D eigenvalue weighted by molar-refractivity contribution is 0.375. The second kappa shape index (κ2) is 8.37. The molecule has 0 radical (unpaired) electrons. The van der Waals surface area contributed by atoms with Crippen LogP contribution in [0.2, 0.25) is 0 Å². The molecule has 1 aliphatic carbocycles. The van der Waals surface area contributed by atoms with E-state index in [1.165, 1.54) is 26.7 Å². The summed E-state index contributed by atoms with van der Waals surface area (Å²) < 4.78 is 17.1. The number of nitrogen functional groups attached to an aromatic ring is 1. The van der Waals surface area contributed by atoms with Crippen molar-refractivity contribution in [1.82, 2.24) is 24.8 Å². The summed E-state index contributed by atoms with van der Waals surface area (Å²) in [5.41, 5.74) is 11.2. The number of anilines is 1. The summed E-state index contributed by atoms with van der Waals surface area (Å²) in [6.45, 7) is 8.84. The van der Waals surface area contributed by atoms with Crippen LogP contribution in [0.4, 0.5) is 10.2 Å². The maximum absolute atomic E-state index is 13.9. The van der Waals surface area contributed by atoms with Crippen molar-refractivity contribution in [2.45, 2.75) is 53.0 Å². The van der Waals surface area contributed by atoms with Crippen molar-refractivity contribution in [3.8, 4) is 0 Å². The highest BCUT2D eigenvalue weighted by atomic mass is 127. The molecule has 0 amide bonds. The molecular formula is C22H28FIN6. The van der Waals surface area contributed by atoms with Gasteiger partial charge in [0.1, 0.15) is 5.82 Å². The lowest BCUT2D eigenvalue weighted by Crippen LogP contribution is -2.30. The van der Waals surface area contributed by atoms with Crippen LogP contribution in [0.3, 0.4) is 0 Å². The molecule has 0 fully saturated rings. The van der Waals surface area contributed by atoms with Gasteiger partial charge in [-0.2, -0.15) is 14.4 Å². The molecule has 8 heteroatoms. The van der Waals surface area contributed by atoms with E-state index in [1.807, 2.05) is 4.57 Å². The lowest BCUT2D eigenvalue weighted by atomic mass is 9.97. The van der Waals surface area contributed by atoms with Gasteiger partial charge in [0, 0.05) is 29.6 Å². The minimum Gasteiger partial charge on any atom is -0.382 e. The molecule has 1 aliphatic rings. The summed E-state index contributed by atoms with van der Waals surface area (Å²) >= 11 is 2.40. The number of rotatable bonds is 6. The zero-order chi connectivity index (χ0) is 21.5. The number of nitrogens with zero attached hydrogens (tertiary/aromatic N) is 4. The number of aryl methyl sites for hydroxylation is 2. The highest BCUT2D eigenvalue weighted by Crippen LogP contribution is 2.29. The molecule has 3 aromatic rings. The summed E-state index contributed by atoms with van der Waals surface area (Å²) in [5.74, 6) is 0.925. The zero-order valence-corrected chi connectivity index (χ0v) is 19.9. The monoisotopic (exact) mass is 522 g/mol. The van der Waals surface area contributed by atoms with Gasteiger partial charge in [-0.05, 0) is 70.0 Å². The molecule has 160 valence electrons. The van der Waals surface area contributed by atoms with E-state index >= 15 is 0 Å². The fourth-order valence-electron chi connectivity index (χ4n) is 4.01. The smallest absolute Gasteiger partial charge is 0.312 e. The van der Waals surface area contributed by atoms with Crippen LogP contribution in [0.15, 0.2) is 12.1 Å². The highest BCUT2D eigenvalue weighted by Gasteiger charge is 2.20. The van der Waals surface area contributed by atoms with E-state index in [1.54, 1.807) is 0 Å². The number of aromatic nitrogens is 4. The summed E-state index contributed by atoms with van der Waals surface area (Å²) in [5, 5.41) is 3.48. The number of hydrogen-bond acceptors (Lipinski definition) is 5. The van der Waals surface area contributed by atoms with Crippen LogP contribution >= 0.6 is 22.6 Å². The van der Waals surface area contributed by atoms with Crippen LogP contribution in [-0.4, -0.2) is 32.6 Å². The van der Waals surface area contributed by atoms with Crippen molar-refractivity contribution in [2.75, 3.05) is 18.8 Å². The molecule has 0 atom stereocenters. The van der Waals surface area contributed by atoms with E-state index in [-0.39, 0.29) is 11.2 Å². The van der Waals surface area contributed by atoms with Gasteiger partial charge in [0.2, 0.25) is 0 Å². The second-order valence-corrected chi connectivity index (χ2v) is 10.4. The van der Waals surface area contributed by atoms with Crippen molar-refractivity contribution in [3.05, 3.63) is 44.3 Å². The first-order valence-corrected chi connectivity index (χ1v) is 11.5. The van der Waals surface area contributed by atoms with Gasteiger partial charge in [-0.15, -0.1) is 0 Å². The summed E-state index contributed by atoms with van der Waals surface area (Å²) in [4.78, 5) is 12.4. The van der Waals surface area contributed by atoms with Crippen molar-refractivity contribution < 1.29 is 4.39 Å². The van der Waals surface area contributed by atoms with Gasteiger partial charge in [-0.25, -0.2) is 4.98 Å². The van der Waals surface area contributed by atoms with Gasteiger partial charge >= 0.3 is 6.08 Å². The first-order chi connectivity index (χ1) is 14.2. The van der Waals surface area contributed by atoms with Gasteiger partial charge in [-0.3, -0.25) is 0 Å². The summed E-state index contributed by atoms with van der Waals surface area (Å²) in [6.07, 6.45) is 3.35. The Morgan fingerprint density at radius 2 is 1.90 bits per heavy atom. The Kier molecular flexibility index (Phi) is 5.98. The first kappa shape index (κ1) is 21.4. The fraction of sp³-hybridized carbons (Fsp3) is 0.500.